The summed E-state index contributed by atoms with van der Waals surface area (Å²) >= 11 is 0. The minimum atomic E-state index is -0.893. The highest BCUT2D eigenvalue weighted by Gasteiger charge is 2.33. The van der Waals surface area contributed by atoms with Gasteiger partial charge in [-0.25, -0.2) is 0 Å². The van der Waals surface area contributed by atoms with Crippen LogP contribution in [0.5, 0.6) is 0 Å². The first kappa shape index (κ1) is 14.7. The van der Waals surface area contributed by atoms with Crippen LogP contribution in [0.1, 0.15) is 38.2 Å². The standard InChI is InChI=1S/C16H25NOS/c1-4-13-7-10-15(17-3)16(11-13)19(18)14-8-5-12(2)6-9-14/h5-6,8-9,13,15-17H,4,7,10-11H2,1-3H3. The molecule has 0 spiro atoms. The SMILES string of the molecule is CCC1CCC(NC)C(S(=O)c2ccc(C)cc2)C1. The molecule has 1 aromatic rings. The van der Waals surface area contributed by atoms with Gasteiger partial charge in [-0.3, -0.25) is 4.21 Å². The van der Waals surface area contributed by atoms with E-state index in [1.54, 1.807) is 0 Å². The maximum Gasteiger partial charge on any atom is 0.0576 e. The summed E-state index contributed by atoms with van der Waals surface area (Å²) in [6.45, 7) is 4.31. The molecule has 1 fully saturated rings. The Balaban J connectivity index is 2.16. The van der Waals surface area contributed by atoms with Crippen LogP contribution in [-0.4, -0.2) is 22.5 Å². The highest BCUT2D eigenvalue weighted by Crippen LogP contribution is 2.32. The molecule has 1 aliphatic rings. The Kier molecular flexibility index (Phi) is 5.17. The Hall–Kier alpha value is -0.670. The van der Waals surface area contributed by atoms with Crippen molar-refractivity contribution in [1.29, 1.82) is 0 Å². The molecule has 0 bridgehead atoms. The molecule has 0 aromatic heterocycles. The van der Waals surface area contributed by atoms with E-state index >= 15 is 0 Å². The van der Waals surface area contributed by atoms with Gasteiger partial charge >= 0.3 is 0 Å². The van der Waals surface area contributed by atoms with Gasteiger partial charge < -0.3 is 5.32 Å². The zero-order valence-corrected chi connectivity index (χ0v) is 13.0. The first-order valence-corrected chi connectivity index (χ1v) is 8.51. The third-order valence-corrected chi connectivity index (χ3v) is 6.18. The number of nitrogens with one attached hydrogen (secondary N) is 1. The van der Waals surface area contributed by atoms with Crippen LogP contribution in [0.4, 0.5) is 0 Å². The molecule has 1 N–H and O–H groups in total. The molecule has 106 valence electrons. The Bertz CT molecular complexity index is 429. The minimum Gasteiger partial charge on any atom is -0.316 e. The fourth-order valence-electron chi connectivity index (χ4n) is 3.00. The van der Waals surface area contributed by atoms with E-state index in [4.69, 9.17) is 0 Å². The zero-order chi connectivity index (χ0) is 13.8. The summed E-state index contributed by atoms with van der Waals surface area (Å²) in [5.41, 5.74) is 1.22. The van der Waals surface area contributed by atoms with Crippen molar-refractivity contribution >= 4 is 10.8 Å². The maximum absolute atomic E-state index is 12.8. The Morgan fingerprint density at radius 2 is 1.95 bits per heavy atom. The molecule has 1 aromatic carbocycles. The molecule has 3 heteroatoms. The molecule has 2 rings (SSSR count). The van der Waals surface area contributed by atoms with Crippen molar-refractivity contribution in [3.8, 4) is 0 Å². The Morgan fingerprint density at radius 1 is 1.26 bits per heavy atom. The quantitative estimate of drug-likeness (QED) is 0.916. The normalized spacial score (nSPS) is 29.1. The van der Waals surface area contributed by atoms with E-state index in [0.29, 0.717) is 6.04 Å². The van der Waals surface area contributed by atoms with Crippen molar-refractivity contribution in [2.75, 3.05) is 7.05 Å². The second-order valence-corrected chi connectivity index (χ2v) is 7.30. The van der Waals surface area contributed by atoms with Crippen molar-refractivity contribution < 1.29 is 4.21 Å². The predicted molar refractivity (Wildman–Crippen MR) is 81.9 cm³/mol. The van der Waals surface area contributed by atoms with E-state index in [-0.39, 0.29) is 5.25 Å². The number of benzene rings is 1. The first-order chi connectivity index (χ1) is 9.15. The van der Waals surface area contributed by atoms with Crippen molar-refractivity contribution in [2.45, 2.75) is 55.7 Å². The largest absolute Gasteiger partial charge is 0.316 e. The molecule has 0 aliphatic heterocycles. The van der Waals surface area contributed by atoms with Gasteiger partial charge in [0.05, 0.1) is 16.0 Å². The van der Waals surface area contributed by atoms with Gasteiger partial charge in [0.25, 0.3) is 0 Å². The molecule has 19 heavy (non-hydrogen) atoms. The number of aryl methyl sites for hydroxylation is 1. The Morgan fingerprint density at radius 3 is 2.53 bits per heavy atom. The Labute approximate surface area is 119 Å². The molecule has 4 unspecified atom stereocenters. The van der Waals surface area contributed by atoms with Gasteiger partial charge in [0, 0.05) is 10.9 Å². The maximum atomic E-state index is 12.8. The highest BCUT2D eigenvalue weighted by molar-refractivity contribution is 7.85. The lowest BCUT2D eigenvalue weighted by Gasteiger charge is -2.35. The van der Waals surface area contributed by atoms with E-state index in [2.05, 4.69) is 31.3 Å². The van der Waals surface area contributed by atoms with Gasteiger partial charge in [-0.15, -0.1) is 0 Å². The fraction of sp³-hybridized carbons (Fsp3) is 0.625. The monoisotopic (exact) mass is 279 g/mol. The molecule has 1 aliphatic carbocycles. The summed E-state index contributed by atoms with van der Waals surface area (Å²) in [7, 11) is 1.10. The zero-order valence-electron chi connectivity index (χ0n) is 12.2. The van der Waals surface area contributed by atoms with Crippen LogP contribution in [0.25, 0.3) is 0 Å². The van der Waals surface area contributed by atoms with Crippen molar-refractivity contribution in [2.24, 2.45) is 5.92 Å². The summed E-state index contributed by atoms with van der Waals surface area (Å²) in [4.78, 5) is 0.979. The number of hydrogen-bond donors (Lipinski definition) is 1. The molecule has 0 radical (unpaired) electrons. The van der Waals surface area contributed by atoms with Gasteiger partial charge in [0.1, 0.15) is 0 Å². The molecule has 0 amide bonds. The van der Waals surface area contributed by atoms with Crippen LogP contribution in [-0.2, 0) is 10.8 Å². The van der Waals surface area contributed by atoms with Crippen LogP contribution in [0, 0.1) is 12.8 Å². The van der Waals surface area contributed by atoms with Crippen molar-refractivity contribution in [3.05, 3.63) is 29.8 Å². The van der Waals surface area contributed by atoms with E-state index < -0.39 is 10.8 Å². The predicted octanol–water partition coefficient (Wildman–Crippen LogP) is 3.27. The molecule has 0 saturated heterocycles. The first-order valence-electron chi connectivity index (χ1n) is 7.30. The molecule has 1 saturated carbocycles. The van der Waals surface area contributed by atoms with Crippen LogP contribution < -0.4 is 5.32 Å². The topological polar surface area (TPSA) is 29.1 Å². The van der Waals surface area contributed by atoms with Gasteiger partial charge in [-0.1, -0.05) is 31.0 Å². The van der Waals surface area contributed by atoms with E-state index in [0.717, 1.165) is 23.7 Å². The number of hydrogen-bond acceptors (Lipinski definition) is 2. The lowest BCUT2D eigenvalue weighted by molar-refractivity contribution is 0.301. The molecule has 2 nitrogen and oxygen atoms in total. The third-order valence-electron chi connectivity index (χ3n) is 4.38. The van der Waals surface area contributed by atoms with Crippen molar-refractivity contribution in [1.82, 2.24) is 5.32 Å². The van der Waals surface area contributed by atoms with Gasteiger partial charge in [-0.2, -0.15) is 0 Å². The van der Waals surface area contributed by atoms with Crippen LogP contribution >= 0.6 is 0 Å². The van der Waals surface area contributed by atoms with Gasteiger partial charge in [0.15, 0.2) is 0 Å². The lowest BCUT2D eigenvalue weighted by Crippen LogP contribution is -2.44. The third kappa shape index (κ3) is 3.46. The average molecular weight is 279 g/mol. The second-order valence-electron chi connectivity index (χ2n) is 5.63. The average Bonchev–Trinajstić information content (AvgIpc) is 2.46. The smallest absolute Gasteiger partial charge is 0.0576 e. The van der Waals surface area contributed by atoms with E-state index in [1.807, 2.05) is 19.2 Å². The molecular weight excluding hydrogens is 254 g/mol. The highest BCUT2D eigenvalue weighted by atomic mass is 32.2. The molecular formula is C16H25NOS. The lowest BCUT2D eigenvalue weighted by atomic mass is 9.84. The van der Waals surface area contributed by atoms with Gasteiger partial charge in [-0.05, 0) is 51.3 Å². The number of rotatable bonds is 4. The summed E-state index contributed by atoms with van der Waals surface area (Å²) < 4.78 is 12.8. The fourth-order valence-corrected chi connectivity index (χ4v) is 4.77. The summed E-state index contributed by atoms with van der Waals surface area (Å²) in [6.07, 6.45) is 4.71. The summed E-state index contributed by atoms with van der Waals surface area (Å²) in [5.74, 6) is 0.740. The van der Waals surface area contributed by atoms with E-state index in [9.17, 15) is 4.21 Å². The second kappa shape index (κ2) is 6.67. The minimum absolute atomic E-state index is 0.256. The molecule has 0 heterocycles. The molecule has 4 atom stereocenters. The van der Waals surface area contributed by atoms with Crippen molar-refractivity contribution in [3.63, 3.8) is 0 Å². The summed E-state index contributed by atoms with van der Waals surface area (Å²) in [5, 5.41) is 3.62. The van der Waals surface area contributed by atoms with E-state index in [1.165, 1.54) is 18.4 Å². The van der Waals surface area contributed by atoms with Crippen LogP contribution in [0.3, 0.4) is 0 Å². The van der Waals surface area contributed by atoms with Crippen LogP contribution in [0.2, 0.25) is 0 Å². The summed E-state index contributed by atoms with van der Waals surface area (Å²) in [6, 6.07) is 8.55. The van der Waals surface area contributed by atoms with Gasteiger partial charge in [0.2, 0.25) is 0 Å². The van der Waals surface area contributed by atoms with Crippen LogP contribution in [0.15, 0.2) is 29.2 Å².